The fourth-order valence-electron chi connectivity index (χ4n) is 1.29. The fraction of sp³-hybridized carbons (Fsp3) is 0.333. The van der Waals surface area contributed by atoms with E-state index < -0.39 is 11.2 Å². The van der Waals surface area contributed by atoms with E-state index in [-0.39, 0.29) is 17.2 Å². The molecule has 0 aliphatic rings. The molecule has 0 aliphatic heterocycles. The van der Waals surface area contributed by atoms with Crippen LogP contribution in [0.3, 0.4) is 0 Å². The highest BCUT2D eigenvalue weighted by Crippen LogP contribution is 2.27. The van der Waals surface area contributed by atoms with Gasteiger partial charge in [0.2, 0.25) is 0 Å². The van der Waals surface area contributed by atoms with Gasteiger partial charge in [-0.3, -0.25) is 4.79 Å². The Labute approximate surface area is 98.6 Å². The van der Waals surface area contributed by atoms with Crippen molar-refractivity contribution in [3.05, 3.63) is 34.6 Å². The first-order valence-electron chi connectivity index (χ1n) is 4.75. The Hall–Kier alpha value is -1.40. The molecule has 2 nitrogen and oxygen atoms in total. The third-order valence-corrected chi connectivity index (χ3v) is 2.93. The van der Waals surface area contributed by atoms with Crippen molar-refractivity contribution in [3.63, 3.8) is 0 Å². The lowest BCUT2D eigenvalue weighted by molar-refractivity contribution is -0.123. The maximum atomic E-state index is 12.8. The van der Waals surface area contributed by atoms with Crippen molar-refractivity contribution < 1.29 is 9.18 Å². The second-order valence-electron chi connectivity index (χ2n) is 3.91. The van der Waals surface area contributed by atoms with E-state index in [0.717, 1.165) is 0 Å². The first-order chi connectivity index (χ1) is 7.39. The molecule has 0 heterocycles. The van der Waals surface area contributed by atoms with Crippen molar-refractivity contribution in [1.29, 1.82) is 5.26 Å². The maximum Gasteiger partial charge on any atom is 0.150 e. The number of benzene rings is 1. The molecule has 0 aromatic heterocycles. The van der Waals surface area contributed by atoms with Crippen molar-refractivity contribution in [2.75, 3.05) is 0 Å². The van der Waals surface area contributed by atoms with Crippen LogP contribution in [0.15, 0.2) is 18.2 Å². The molecule has 0 fully saturated rings. The van der Waals surface area contributed by atoms with Crippen LogP contribution in [0.5, 0.6) is 0 Å². The van der Waals surface area contributed by atoms with Crippen molar-refractivity contribution in [2.45, 2.75) is 20.3 Å². The first-order valence-corrected chi connectivity index (χ1v) is 5.13. The van der Waals surface area contributed by atoms with Crippen LogP contribution in [-0.4, -0.2) is 5.78 Å². The van der Waals surface area contributed by atoms with E-state index in [1.807, 2.05) is 6.07 Å². The minimum absolute atomic E-state index is 0.192. The minimum atomic E-state index is -1.11. The zero-order chi connectivity index (χ0) is 12.3. The second-order valence-corrected chi connectivity index (χ2v) is 4.32. The number of hydrogen-bond acceptors (Lipinski definition) is 2. The van der Waals surface area contributed by atoms with Gasteiger partial charge in [0, 0.05) is 5.02 Å². The van der Waals surface area contributed by atoms with Crippen molar-refractivity contribution in [1.82, 2.24) is 0 Å². The average molecular weight is 240 g/mol. The molecule has 1 atom stereocenters. The summed E-state index contributed by atoms with van der Waals surface area (Å²) in [5.74, 6) is -0.661. The molecule has 1 aromatic rings. The topological polar surface area (TPSA) is 40.9 Å². The molecule has 0 saturated carbocycles. The molecule has 1 aromatic carbocycles. The first kappa shape index (κ1) is 12.7. The molecule has 4 heteroatoms. The van der Waals surface area contributed by atoms with Gasteiger partial charge in [-0.05, 0) is 38.0 Å². The van der Waals surface area contributed by atoms with Crippen LogP contribution in [0.25, 0.3) is 0 Å². The number of halogens is 2. The lowest BCUT2D eigenvalue weighted by Crippen LogP contribution is -2.26. The van der Waals surface area contributed by atoms with E-state index in [4.69, 9.17) is 16.9 Å². The number of ketones is 1. The molecule has 16 heavy (non-hydrogen) atoms. The number of hydrogen-bond donors (Lipinski definition) is 0. The Morgan fingerprint density at radius 1 is 1.62 bits per heavy atom. The summed E-state index contributed by atoms with van der Waals surface area (Å²) in [5, 5.41) is 9.21. The second kappa shape index (κ2) is 4.63. The number of nitriles is 1. The molecule has 1 unspecified atom stereocenters. The summed E-state index contributed by atoms with van der Waals surface area (Å²) in [6, 6.07) is 5.90. The number of nitrogens with zero attached hydrogens (tertiary/aromatic N) is 1. The lowest BCUT2D eigenvalue weighted by atomic mass is 9.82. The van der Waals surface area contributed by atoms with Crippen molar-refractivity contribution in [3.8, 4) is 6.07 Å². The van der Waals surface area contributed by atoms with Crippen LogP contribution in [0.2, 0.25) is 5.02 Å². The minimum Gasteiger partial charge on any atom is -0.298 e. The zero-order valence-corrected chi connectivity index (χ0v) is 9.81. The van der Waals surface area contributed by atoms with Crippen LogP contribution < -0.4 is 0 Å². The van der Waals surface area contributed by atoms with Gasteiger partial charge in [-0.15, -0.1) is 0 Å². The molecular formula is C12H11ClFNO. The molecular weight excluding hydrogens is 229 g/mol. The zero-order valence-electron chi connectivity index (χ0n) is 9.05. The summed E-state index contributed by atoms with van der Waals surface area (Å²) < 4.78 is 12.8. The molecule has 84 valence electrons. The number of carbonyl (C=O) groups is 1. The standard InChI is InChI=1S/C12H11ClFNO/c1-8(16)12(2,7-15)6-9-3-4-10(14)5-11(9)13/h3-5H,6H2,1-2H3. The number of rotatable bonds is 3. The molecule has 0 amide bonds. The Bertz CT molecular complexity index is 467. The number of carbonyl (C=O) groups excluding carboxylic acids is 1. The van der Waals surface area contributed by atoms with Gasteiger partial charge in [-0.25, -0.2) is 4.39 Å². The molecule has 0 aliphatic carbocycles. The molecule has 0 N–H and O–H groups in total. The predicted octanol–water partition coefficient (Wildman–Crippen LogP) is 3.14. The molecule has 0 saturated heterocycles. The summed E-state index contributed by atoms with van der Waals surface area (Å²) in [6.07, 6.45) is 0.192. The highest BCUT2D eigenvalue weighted by molar-refractivity contribution is 6.31. The van der Waals surface area contributed by atoms with Crippen molar-refractivity contribution >= 4 is 17.4 Å². The van der Waals surface area contributed by atoms with Gasteiger partial charge in [0.1, 0.15) is 17.0 Å². The van der Waals surface area contributed by atoms with Gasteiger partial charge in [0.25, 0.3) is 0 Å². The third kappa shape index (κ3) is 2.59. The molecule has 0 spiro atoms. The van der Waals surface area contributed by atoms with Crippen LogP contribution in [0, 0.1) is 22.6 Å². The summed E-state index contributed by atoms with van der Waals surface area (Å²) >= 11 is 5.84. The highest BCUT2D eigenvalue weighted by Gasteiger charge is 2.30. The van der Waals surface area contributed by atoms with E-state index in [1.54, 1.807) is 6.92 Å². The van der Waals surface area contributed by atoms with E-state index in [2.05, 4.69) is 0 Å². The van der Waals surface area contributed by atoms with Crippen LogP contribution in [0.4, 0.5) is 4.39 Å². The Morgan fingerprint density at radius 3 is 2.69 bits per heavy atom. The third-order valence-electron chi connectivity index (χ3n) is 2.58. The normalized spacial score (nSPS) is 13.9. The Morgan fingerprint density at radius 2 is 2.25 bits per heavy atom. The number of Topliss-reactive ketones (excluding diaryl/α,β-unsaturated/α-hetero) is 1. The Kier molecular flexibility index (Phi) is 3.66. The van der Waals surface area contributed by atoms with Crippen molar-refractivity contribution in [2.24, 2.45) is 5.41 Å². The van der Waals surface area contributed by atoms with Gasteiger partial charge < -0.3 is 0 Å². The molecule has 0 bridgehead atoms. The summed E-state index contributed by atoms with van der Waals surface area (Å²) in [5.41, 5.74) is -0.510. The highest BCUT2D eigenvalue weighted by atomic mass is 35.5. The predicted molar refractivity (Wildman–Crippen MR) is 59.5 cm³/mol. The van der Waals surface area contributed by atoms with E-state index in [0.29, 0.717) is 5.56 Å². The van der Waals surface area contributed by atoms with Gasteiger partial charge in [-0.1, -0.05) is 17.7 Å². The van der Waals surface area contributed by atoms with Crippen LogP contribution >= 0.6 is 11.6 Å². The van der Waals surface area contributed by atoms with Crippen LogP contribution in [-0.2, 0) is 11.2 Å². The maximum absolute atomic E-state index is 12.8. The monoisotopic (exact) mass is 239 g/mol. The average Bonchev–Trinajstić information content (AvgIpc) is 2.22. The van der Waals surface area contributed by atoms with Gasteiger partial charge >= 0.3 is 0 Å². The van der Waals surface area contributed by atoms with E-state index in [9.17, 15) is 9.18 Å². The fourth-order valence-corrected chi connectivity index (χ4v) is 1.52. The molecule has 0 radical (unpaired) electrons. The van der Waals surface area contributed by atoms with E-state index in [1.165, 1.54) is 25.1 Å². The quantitative estimate of drug-likeness (QED) is 0.813. The summed E-state index contributed by atoms with van der Waals surface area (Å²) in [4.78, 5) is 11.3. The van der Waals surface area contributed by atoms with Gasteiger partial charge in [0.05, 0.1) is 6.07 Å². The largest absolute Gasteiger partial charge is 0.298 e. The smallest absolute Gasteiger partial charge is 0.150 e. The summed E-state index contributed by atoms with van der Waals surface area (Å²) in [6.45, 7) is 2.91. The van der Waals surface area contributed by atoms with Gasteiger partial charge in [-0.2, -0.15) is 5.26 Å². The summed E-state index contributed by atoms with van der Waals surface area (Å²) in [7, 11) is 0. The Balaban J connectivity index is 3.05. The SMILES string of the molecule is CC(=O)C(C)(C#N)Cc1ccc(F)cc1Cl. The van der Waals surface area contributed by atoms with Gasteiger partial charge in [0.15, 0.2) is 0 Å². The van der Waals surface area contributed by atoms with E-state index >= 15 is 0 Å². The van der Waals surface area contributed by atoms with Crippen LogP contribution in [0.1, 0.15) is 19.4 Å². The molecule has 1 rings (SSSR count). The lowest BCUT2D eigenvalue weighted by Gasteiger charge is -2.18.